The molecule has 0 aromatic heterocycles. The van der Waals surface area contributed by atoms with E-state index in [4.69, 9.17) is 14.2 Å². The number of carbonyl (C=O) groups excluding carboxylic acids is 3. The minimum absolute atomic E-state index is 0.207. The zero-order chi connectivity index (χ0) is 22.3. The molecule has 0 aliphatic heterocycles. The highest BCUT2D eigenvalue weighted by Gasteiger charge is 2.35. The maximum absolute atomic E-state index is 13.4. The third kappa shape index (κ3) is 5.24. The molecule has 2 atom stereocenters. The number of ether oxygens (including phenoxy) is 3. The van der Waals surface area contributed by atoms with Gasteiger partial charge in [0.2, 0.25) is 0 Å². The van der Waals surface area contributed by atoms with Gasteiger partial charge in [0.25, 0.3) is 0 Å². The Kier molecular flexibility index (Phi) is 8.12. The molecule has 7 nitrogen and oxygen atoms in total. The molecule has 160 valence electrons. The highest BCUT2D eigenvalue weighted by Crippen LogP contribution is 2.28. The molecule has 0 heterocycles. The number of methoxy groups -OCH3 is 3. The van der Waals surface area contributed by atoms with Crippen LogP contribution in [0.2, 0.25) is 0 Å². The monoisotopic (exact) mass is 413 g/mol. The number of esters is 1. The summed E-state index contributed by atoms with van der Waals surface area (Å²) in [5, 5.41) is 2.92. The summed E-state index contributed by atoms with van der Waals surface area (Å²) in [6.07, 6.45) is 0. The van der Waals surface area contributed by atoms with Gasteiger partial charge in [-0.25, -0.2) is 0 Å². The zero-order valence-corrected chi connectivity index (χ0v) is 17.8. The van der Waals surface area contributed by atoms with Crippen LogP contribution in [0, 0.1) is 5.92 Å². The molecule has 0 bridgehead atoms. The summed E-state index contributed by atoms with van der Waals surface area (Å²) < 4.78 is 15.3. The Labute approximate surface area is 176 Å². The van der Waals surface area contributed by atoms with Crippen molar-refractivity contribution in [1.82, 2.24) is 5.32 Å². The van der Waals surface area contributed by atoms with Gasteiger partial charge in [-0.3, -0.25) is 19.7 Å². The summed E-state index contributed by atoms with van der Waals surface area (Å²) in [5.74, 6) is -0.854. The van der Waals surface area contributed by atoms with Crippen molar-refractivity contribution in [3.05, 3.63) is 59.7 Å². The lowest BCUT2D eigenvalue weighted by molar-refractivity contribution is -0.144. The van der Waals surface area contributed by atoms with Gasteiger partial charge >= 0.3 is 5.97 Å². The molecule has 0 aliphatic carbocycles. The number of hydrogen-bond donors (Lipinski definition) is 1. The fourth-order valence-electron chi connectivity index (χ4n) is 3.03. The van der Waals surface area contributed by atoms with Gasteiger partial charge in [-0.15, -0.1) is 0 Å². The summed E-state index contributed by atoms with van der Waals surface area (Å²) >= 11 is 0. The number of nitrogens with one attached hydrogen (secondary N) is 1. The Balaban J connectivity index is 2.48. The first-order chi connectivity index (χ1) is 14.3. The van der Waals surface area contributed by atoms with Crippen LogP contribution in [0.4, 0.5) is 0 Å². The van der Waals surface area contributed by atoms with Gasteiger partial charge in [-0.2, -0.15) is 0 Å². The van der Waals surface area contributed by atoms with Crippen molar-refractivity contribution in [3.63, 3.8) is 0 Å². The number of rotatable bonds is 10. The van der Waals surface area contributed by atoms with E-state index in [0.717, 1.165) is 0 Å². The minimum Gasteiger partial charge on any atom is -0.493 e. The van der Waals surface area contributed by atoms with Crippen LogP contribution in [0.25, 0.3) is 0 Å². The Morgan fingerprint density at radius 2 is 1.40 bits per heavy atom. The first kappa shape index (κ1) is 23.1. The van der Waals surface area contributed by atoms with Crippen LogP contribution >= 0.6 is 0 Å². The van der Waals surface area contributed by atoms with Crippen molar-refractivity contribution in [2.75, 3.05) is 21.3 Å². The van der Waals surface area contributed by atoms with Crippen LogP contribution in [0.3, 0.4) is 0 Å². The van der Waals surface area contributed by atoms with Gasteiger partial charge in [0.05, 0.1) is 21.3 Å². The van der Waals surface area contributed by atoms with Gasteiger partial charge in [0, 0.05) is 11.1 Å². The van der Waals surface area contributed by atoms with E-state index in [1.807, 2.05) is 0 Å². The maximum Gasteiger partial charge on any atom is 0.323 e. The van der Waals surface area contributed by atoms with Crippen LogP contribution in [0.5, 0.6) is 11.5 Å². The van der Waals surface area contributed by atoms with Crippen molar-refractivity contribution in [1.29, 1.82) is 0 Å². The first-order valence-electron chi connectivity index (χ1n) is 9.53. The predicted octanol–water partition coefficient (Wildman–Crippen LogP) is 2.93. The topological polar surface area (TPSA) is 90.9 Å². The first-order valence-corrected chi connectivity index (χ1v) is 9.53. The second-order valence-electron chi connectivity index (χ2n) is 7.01. The lowest BCUT2D eigenvalue weighted by atomic mass is 9.93. The van der Waals surface area contributed by atoms with Gasteiger partial charge in [0.1, 0.15) is 12.1 Å². The van der Waals surface area contributed by atoms with E-state index in [-0.39, 0.29) is 11.5 Å². The molecular weight excluding hydrogens is 386 g/mol. The Morgan fingerprint density at radius 3 is 1.93 bits per heavy atom. The molecule has 0 radical (unpaired) electrons. The van der Waals surface area contributed by atoms with E-state index >= 15 is 0 Å². The van der Waals surface area contributed by atoms with Gasteiger partial charge in [-0.05, 0) is 24.1 Å². The molecule has 0 saturated heterocycles. The predicted molar refractivity (Wildman–Crippen MR) is 112 cm³/mol. The second-order valence-corrected chi connectivity index (χ2v) is 7.01. The van der Waals surface area contributed by atoms with E-state index < -0.39 is 29.6 Å². The Hall–Kier alpha value is -3.19. The SMILES string of the molecule is COC(=O)C(NC(C(=O)c1ccccc1)C(=O)c1ccc(OC)c(OC)c1)C(C)C. The molecule has 0 fully saturated rings. The number of carbonyl (C=O) groups is 3. The Morgan fingerprint density at radius 1 is 0.800 bits per heavy atom. The van der Waals surface area contributed by atoms with Crippen molar-refractivity contribution >= 4 is 17.5 Å². The number of ketones is 2. The molecule has 0 spiro atoms. The molecule has 0 aliphatic rings. The average molecular weight is 413 g/mol. The van der Waals surface area contributed by atoms with E-state index in [1.54, 1.807) is 56.3 Å². The molecule has 30 heavy (non-hydrogen) atoms. The highest BCUT2D eigenvalue weighted by atomic mass is 16.5. The standard InChI is InChI=1S/C23H27NO6/c1-14(2)19(23(27)30-5)24-20(21(25)15-9-7-6-8-10-15)22(26)16-11-12-17(28-3)18(13-16)29-4/h6-14,19-20,24H,1-5H3. The molecule has 2 aromatic rings. The second kappa shape index (κ2) is 10.5. The molecule has 0 saturated carbocycles. The number of benzene rings is 2. The van der Waals surface area contributed by atoms with Crippen LogP contribution in [0.15, 0.2) is 48.5 Å². The van der Waals surface area contributed by atoms with Crippen molar-refractivity contribution in [3.8, 4) is 11.5 Å². The molecule has 2 aromatic carbocycles. The van der Waals surface area contributed by atoms with Crippen molar-refractivity contribution in [2.45, 2.75) is 25.9 Å². The van der Waals surface area contributed by atoms with Crippen LogP contribution in [-0.2, 0) is 9.53 Å². The van der Waals surface area contributed by atoms with Gasteiger partial charge in [0.15, 0.2) is 23.1 Å². The van der Waals surface area contributed by atoms with Gasteiger partial charge < -0.3 is 14.2 Å². The molecule has 0 amide bonds. The third-order valence-corrected chi connectivity index (χ3v) is 4.72. The fraction of sp³-hybridized carbons (Fsp3) is 0.348. The smallest absolute Gasteiger partial charge is 0.323 e. The summed E-state index contributed by atoms with van der Waals surface area (Å²) in [6, 6.07) is 11.0. The summed E-state index contributed by atoms with van der Waals surface area (Å²) in [5.41, 5.74) is 0.609. The third-order valence-electron chi connectivity index (χ3n) is 4.72. The largest absolute Gasteiger partial charge is 0.493 e. The lowest BCUT2D eigenvalue weighted by Crippen LogP contribution is -2.53. The maximum atomic E-state index is 13.4. The number of Topliss-reactive ketones (excluding diaryl/α,β-unsaturated/α-hetero) is 2. The van der Waals surface area contributed by atoms with Crippen molar-refractivity contribution < 1.29 is 28.6 Å². The van der Waals surface area contributed by atoms with E-state index in [2.05, 4.69) is 5.32 Å². The lowest BCUT2D eigenvalue weighted by Gasteiger charge is -2.25. The summed E-state index contributed by atoms with van der Waals surface area (Å²) in [6.45, 7) is 3.61. The fourth-order valence-corrected chi connectivity index (χ4v) is 3.03. The Bertz CT molecular complexity index is 894. The number of hydrogen-bond acceptors (Lipinski definition) is 7. The molecule has 7 heteroatoms. The summed E-state index contributed by atoms with van der Waals surface area (Å²) in [4.78, 5) is 38.8. The quantitative estimate of drug-likeness (QED) is 0.364. The van der Waals surface area contributed by atoms with E-state index in [9.17, 15) is 14.4 Å². The molecular formula is C23H27NO6. The van der Waals surface area contributed by atoms with E-state index in [0.29, 0.717) is 17.1 Å². The average Bonchev–Trinajstić information content (AvgIpc) is 2.78. The van der Waals surface area contributed by atoms with Crippen LogP contribution in [-0.4, -0.2) is 50.9 Å². The van der Waals surface area contributed by atoms with Crippen molar-refractivity contribution in [2.24, 2.45) is 5.92 Å². The molecule has 1 N–H and O–H groups in total. The van der Waals surface area contributed by atoms with Crippen LogP contribution < -0.4 is 14.8 Å². The normalized spacial score (nSPS) is 12.7. The van der Waals surface area contributed by atoms with Crippen LogP contribution in [0.1, 0.15) is 34.6 Å². The highest BCUT2D eigenvalue weighted by molar-refractivity contribution is 6.19. The molecule has 2 rings (SSSR count). The minimum atomic E-state index is -1.28. The molecule has 2 unspecified atom stereocenters. The zero-order valence-electron chi connectivity index (χ0n) is 17.8. The van der Waals surface area contributed by atoms with Gasteiger partial charge in [-0.1, -0.05) is 44.2 Å². The summed E-state index contributed by atoms with van der Waals surface area (Å²) in [7, 11) is 4.22. The van der Waals surface area contributed by atoms with E-state index in [1.165, 1.54) is 27.4 Å².